The summed E-state index contributed by atoms with van der Waals surface area (Å²) in [5.41, 5.74) is 4.74. The average Bonchev–Trinajstić information content (AvgIpc) is 2.89. The van der Waals surface area contributed by atoms with E-state index in [9.17, 15) is 0 Å². The number of fused-ring (bicyclic) bond motifs is 3. The number of rotatable bonds is 5. The Morgan fingerprint density at radius 3 is 2.71 bits per heavy atom. The normalized spacial score (nSPS) is 15.6. The third-order valence-electron chi connectivity index (χ3n) is 4.38. The highest BCUT2D eigenvalue weighted by atomic mass is 32.2. The van der Waals surface area contributed by atoms with Gasteiger partial charge in [0.05, 0.1) is 0 Å². The van der Waals surface area contributed by atoms with E-state index >= 15 is 0 Å². The maximum absolute atomic E-state index is 6.29. The van der Waals surface area contributed by atoms with Gasteiger partial charge in [-0.15, -0.1) is 10.2 Å². The minimum atomic E-state index is -0.344. The molecule has 1 atom stereocenters. The Morgan fingerprint density at radius 2 is 1.89 bits per heavy atom. The summed E-state index contributed by atoms with van der Waals surface area (Å²) in [5, 5.41) is 12.8. The lowest BCUT2D eigenvalue weighted by Gasteiger charge is -2.20. The van der Waals surface area contributed by atoms with Gasteiger partial charge < -0.3 is 10.1 Å². The molecule has 0 bridgehead atoms. The van der Waals surface area contributed by atoms with E-state index in [1.807, 2.05) is 42.5 Å². The summed E-state index contributed by atoms with van der Waals surface area (Å²) >= 11 is 1.59. The first-order valence-corrected chi connectivity index (χ1v) is 10.4. The number of thioether (sulfide) groups is 1. The number of benzene rings is 2. The number of para-hydroxylation sites is 1. The molecule has 1 N–H and O–H groups in total. The van der Waals surface area contributed by atoms with E-state index in [1.165, 1.54) is 0 Å². The van der Waals surface area contributed by atoms with E-state index in [4.69, 9.17) is 4.74 Å². The fourth-order valence-corrected chi connectivity index (χ4v) is 3.63. The smallest absolute Gasteiger partial charge is 0.247 e. The van der Waals surface area contributed by atoms with Crippen molar-refractivity contribution in [2.45, 2.75) is 31.7 Å². The number of aromatic nitrogens is 3. The molecule has 1 aromatic heterocycles. The Labute approximate surface area is 169 Å². The van der Waals surface area contributed by atoms with Gasteiger partial charge in [0.25, 0.3) is 0 Å². The standard InChI is InChI=1S/C22H22N4OS/c1-3-13-28-22-24-21-19(25-26-22)17-11-7-8-12-18(17)23-20(27-21)15(2)14-16-9-5-4-6-10-16/h4-12,14,20,23H,3,13H2,1-2H3/b15-14+/t20-/m1/s1. The summed E-state index contributed by atoms with van der Waals surface area (Å²) in [6.07, 6.45) is 2.83. The maximum atomic E-state index is 6.29. The molecule has 0 saturated carbocycles. The summed E-state index contributed by atoms with van der Waals surface area (Å²) in [7, 11) is 0. The molecule has 0 aliphatic carbocycles. The molecular weight excluding hydrogens is 368 g/mol. The third-order valence-corrected chi connectivity index (χ3v) is 5.42. The summed E-state index contributed by atoms with van der Waals surface area (Å²) in [6.45, 7) is 4.19. The van der Waals surface area contributed by atoms with Gasteiger partial charge in [-0.3, -0.25) is 0 Å². The second-order valence-electron chi connectivity index (χ2n) is 6.58. The SMILES string of the molecule is CCCSc1nnc2c(n1)O[C@H](/C(C)=C/c1ccccc1)Nc1ccccc1-2. The van der Waals surface area contributed by atoms with Crippen molar-refractivity contribution in [1.29, 1.82) is 0 Å². The summed E-state index contributed by atoms with van der Waals surface area (Å²) in [5.74, 6) is 1.46. The molecule has 0 unspecified atom stereocenters. The average molecular weight is 391 g/mol. The van der Waals surface area contributed by atoms with Crippen molar-refractivity contribution in [1.82, 2.24) is 15.2 Å². The van der Waals surface area contributed by atoms with Crippen LogP contribution in [-0.4, -0.2) is 27.2 Å². The molecule has 142 valence electrons. The molecule has 0 spiro atoms. The lowest BCUT2D eigenvalue weighted by Crippen LogP contribution is -2.27. The van der Waals surface area contributed by atoms with Gasteiger partial charge >= 0.3 is 0 Å². The first-order chi connectivity index (χ1) is 13.7. The summed E-state index contributed by atoms with van der Waals surface area (Å²) < 4.78 is 6.29. The van der Waals surface area contributed by atoms with E-state index in [0.717, 1.165) is 34.6 Å². The van der Waals surface area contributed by atoms with Gasteiger partial charge in [0, 0.05) is 17.0 Å². The van der Waals surface area contributed by atoms with E-state index in [-0.39, 0.29) is 6.23 Å². The molecule has 0 saturated heterocycles. The van der Waals surface area contributed by atoms with Crippen LogP contribution in [0.15, 0.2) is 65.3 Å². The number of anilines is 1. The molecule has 5 nitrogen and oxygen atoms in total. The molecule has 0 amide bonds. The van der Waals surface area contributed by atoms with Gasteiger partial charge in [-0.25, -0.2) is 0 Å². The molecule has 0 fully saturated rings. The van der Waals surface area contributed by atoms with Crippen molar-refractivity contribution in [2.24, 2.45) is 0 Å². The lowest BCUT2D eigenvalue weighted by molar-refractivity contribution is 0.255. The highest BCUT2D eigenvalue weighted by molar-refractivity contribution is 7.99. The molecule has 3 aromatic rings. The molecule has 2 heterocycles. The maximum Gasteiger partial charge on any atom is 0.247 e. The molecule has 2 aromatic carbocycles. The first-order valence-electron chi connectivity index (χ1n) is 9.38. The zero-order valence-electron chi connectivity index (χ0n) is 15.9. The molecule has 6 heteroatoms. The van der Waals surface area contributed by atoms with Gasteiger partial charge in [-0.05, 0) is 30.5 Å². The topological polar surface area (TPSA) is 59.9 Å². The number of nitrogens with one attached hydrogen (secondary N) is 1. The van der Waals surface area contributed by atoms with Gasteiger partial charge in [-0.1, -0.05) is 73.3 Å². The first kappa shape index (κ1) is 18.5. The van der Waals surface area contributed by atoms with Crippen molar-refractivity contribution < 1.29 is 4.74 Å². The second-order valence-corrected chi connectivity index (χ2v) is 7.65. The van der Waals surface area contributed by atoms with Crippen molar-refractivity contribution >= 4 is 23.5 Å². The fraction of sp³-hybridized carbons (Fsp3) is 0.227. The number of nitrogens with zero attached hydrogens (tertiary/aromatic N) is 3. The van der Waals surface area contributed by atoms with Gasteiger partial charge in [0.1, 0.15) is 0 Å². The van der Waals surface area contributed by atoms with Crippen molar-refractivity contribution in [3.63, 3.8) is 0 Å². The molecule has 28 heavy (non-hydrogen) atoms. The summed E-state index contributed by atoms with van der Waals surface area (Å²) in [6, 6.07) is 18.2. The van der Waals surface area contributed by atoms with Gasteiger partial charge in [0.2, 0.25) is 11.0 Å². The number of ether oxygens (including phenoxy) is 1. The summed E-state index contributed by atoms with van der Waals surface area (Å²) in [4.78, 5) is 4.65. The Hall–Kier alpha value is -2.86. The van der Waals surface area contributed by atoms with Crippen LogP contribution in [0.4, 0.5) is 5.69 Å². The van der Waals surface area contributed by atoms with Crippen molar-refractivity contribution in [3.8, 4) is 17.1 Å². The molecule has 1 aliphatic rings. The zero-order chi connectivity index (χ0) is 19.3. The van der Waals surface area contributed by atoms with Crippen LogP contribution in [0, 0.1) is 0 Å². The minimum absolute atomic E-state index is 0.344. The predicted molar refractivity (Wildman–Crippen MR) is 114 cm³/mol. The third kappa shape index (κ3) is 4.02. The Balaban J connectivity index is 1.73. The van der Waals surface area contributed by atoms with E-state index in [0.29, 0.717) is 16.7 Å². The second kappa shape index (κ2) is 8.44. The van der Waals surface area contributed by atoms with Crippen LogP contribution in [-0.2, 0) is 0 Å². The van der Waals surface area contributed by atoms with Crippen LogP contribution in [0.3, 0.4) is 0 Å². The van der Waals surface area contributed by atoms with Crippen LogP contribution in [0.1, 0.15) is 25.8 Å². The monoisotopic (exact) mass is 390 g/mol. The van der Waals surface area contributed by atoms with E-state index in [2.05, 4.69) is 52.6 Å². The quantitative estimate of drug-likeness (QED) is 0.599. The predicted octanol–water partition coefficient (Wildman–Crippen LogP) is 5.27. The van der Waals surface area contributed by atoms with Crippen LogP contribution in [0.25, 0.3) is 17.3 Å². The van der Waals surface area contributed by atoms with E-state index < -0.39 is 0 Å². The fourth-order valence-electron chi connectivity index (χ4n) is 3.00. The van der Waals surface area contributed by atoms with Crippen molar-refractivity contribution in [2.75, 3.05) is 11.1 Å². The largest absolute Gasteiger partial charge is 0.448 e. The lowest BCUT2D eigenvalue weighted by atomic mass is 10.1. The number of hydrogen-bond donors (Lipinski definition) is 1. The molecule has 0 radical (unpaired) electrons. The number of hydrogen-bond acceptors (Lipinski definition) is 6. The Kier molecular flexibility index (Phi) is 5.58. The van der Waals surface area contributed by atoms with Crippen LogP contribution >= 0.6 is 11.8 Å². The van der Waals surface area contributed by atoms with Gasteiger partial charge in [0.15, 0.2) is 11.9 Å². The van der Waals surface area contributed by atoms with E-state index in [1.54, 1.807) is 11.8 Å². The minimum Gasteiger partial charge on any atom is -0.448 e. The molecular formula is C22H22N4OS. The van der Waals surface area contributed by atoms with Crippen LogP contribution in [0.2, 0.25) is 0 Å². The highest BCUT2D eigenvalue weighted by Gasteiger charge is 2.25. The molecule has 1 aliphatic heterocycles. The van der Waals surface area contributed by atoms with Crippen LogP contribution < -0.4 is 10.1 Å². The van der Waals surface area contributed by atoms with Crippen molar-refractivity contribution in [3.05, 3.63) is 65.7 Å². The molecule has 4 rings (SSSR count). The van der Waals surface area contributed by atoms with Crippen LogP contribution in [0.5, 0.6) is 5.88 Å². The van der Waals surface area contributed by atoms with Gasteiger partial charge in [-0.2, -0.15) is 4.98 Å². The zero-order valence-corrected chi connectivity index (χ0v) is 16.7. The highest BCUT2D eigenvalue weighted by Crippen LogP contribution is 2.37. The Morgan fingerprint density at radius 1 is 1.11 bits per heavy atom. The Bertz CT molecular complexity index is 991.